The van der Waals surface area contributed by atoms with Crippen molar-refractivity contribution >= 4 is 5.97 Å². The van der Waals surface area contributed by atoms with E-state index in [0.29, 0.717) is 0 Å². The van der Waals surface area contributed by atoms with Crippen LogP contribution in [0.15, 0.2) is 11.4 Å². The molecule has 0 amide bonds. The first kappa shape index (κ1) is 8.41. The van der Waals surface area contributed by atoms with Gasteiger partial charge in [0, 0.05) is 0 Å². The first-order valence-electron chi connectivity index (χ1n) is 2.31. The third kappa shape index (κ3) is 1.73. The predicted octanol–water partition coefficient (Wildman–Crippen LogP) is -0.462. The second-order valence-electron chi connectivity index (χ2n) is 1.59. The molecule has 6 nitrogen and oxygen atoms in total. The maximum atomic E-state index is 10.0. The summed E-state index contributed by atoms with van der Waals surface area (Å²) in [7, 11) is 0. The Kier molecular flexibility index (Phi) is 2.36. The van der Waals surface area contributed by atoms with Crippen LogP contribution in [0.2, 0.25) is 0 Å². The van der Waals surface area contributed by atoms with E-state index in [9.17, 15) is 14.9 Å². The topological polar surface area (TPSA) is 106 Å². The summed E-state index contributed by atoms with van der Waals surface area (Å²) in [5, 5.41) is 18.0. The summed E-state index contributed by atoms with van der Waals surface area (Å²) in [4.78, 5) is 18.8. The molecule has 0 bridgehead atoms. The van der Waals surface area contributed by atoms with Gasteiger partial charge in [-0.2, -0.15) is 0 Å². The number of carboxylic acid groups (broad SMARTS) is 1. The number of hydrogen-bond acceptors (Lipinski definition) is 4. The minimum absolute atomic E-state index is 0.308. The van der Waals surface area contributed by atoms with Crippen LogP contribution in [-0.4, -0.2) is 16.0 Å². The lowest BCUT2D eigenvalue weighted by Crippen LogP contribution is -2.15. The van der Waals surface area contributed by atoms with Crippen molar-refractivity contribution in [2.45, 2.75) is 6.92 Å². The van der Waals surface area contributed by atoms with E-state index in [4.69, 9.17) is 10.8 Å². The van der Waals surface area contributed by atoms with Gasteiger partial charge in [-0.05, 0) is 6.92 Å². The van der Waals surface area contributed by atoms with E-state index in [1.807, 2.05) is 0 Å². The Balaban J connectivity index is 4.79. The Morgan fingerprint density at radius 2 is 2.10 bits per heavy atom. The van der Waals surface area contributed by atoms with Crippen LogP contribution in [-0.2, 0) is 4.79 Å². The Morgan fingerprint density at radius 3 is 2.10 bits per heavy atom. The molecule has 0 heterocycles. The fourth-order valence-electron chi connectivity index (χ4n) is 0.391. The zero-order chi connectivity index (χ0) is 8.31. The number of nitrogens with two attached hydrogens (primary N) is 1. The van der Waals surface area contributed by atoms with E-state index in [2.05, 4.69) is 0 Å². The fraction of sp³-hybridized carbons (Fsp3) is 0.250. The van der Waals surface area contributed by atoms with Crippen LogP contribution in [0.4, 0.5) is 0 Å². The minimum atomic E-state index is -1.62. The predicted molar refractivity (Wildman–Crippen MR) is 31.5 cm³/mol. The van der Waals surface area contributed by atoms with Crippen LogP contribution in [0.25, 0.3) is 0 Å². The standard InChI is InChI=1S/C4H6N2O4/c1-2(5)3(4(7)8)6(9)10/h5H2,1H3,(H,7,8)/b3-2+. The number of hydrogen-bond donors (Lipinski definition) is 2. The number of rotatable bonds is 2. The zero-order valence-electron chi connectivity index (χ0n) is 5.20. The quantitative estimate of drug-likeness (QED) is 0.311. The van der Waals surface area contributed by atoms with E-state index in [0.717, 1.165) is 6.92 Å². The highest BCUT2D eigenvalue weighted by atomic mass is 16.6. The highest BCUT2D eigenvalue weighted by molar-refractivity contribution is 5.84. The second kappa shape index (κ2) is 2.81. The van der Waals surface area contributed by atoms with Gasteiger partial charge >= 0.3 is 11.7 Å². The summed E-state index contributed by atoms with van der Waals surface area (Å²) in [6.07, 6.45) is 0. The van der Waals surface area contributed by atoms with Gasteiger partial charge in [-0.3, -0.25) is 10.1 Å². The summed E-state index contributed by atoms with van der Waals surface area (Å²) >= 11 is 0. The highest BCUT2D eigenvalue weighted by Gasteiger charge is 2.22. The van der Waals surface area contributed by atoms with Crippen molar-refractivity contribution < 1.29 is 14.8 Å². The van der Waals surface area contributed by atoms with Gasteiger partial charge in [0.2, 0.25) is 0 Å². The molecular formula is C4H6N2O4. The lowest BCUT2D eigenvalue weighted by molar-refractivity contribution is -0.422. The molecule has 0 rings (SSSR count). The zero-order valence-corrected chi connectivity index (χ0v) is 5.20. The number of carbonyl (C=O) groups is 1. The molecule has 0 saturated heterocycles. The van der Waals surface area contributed by atoms with E-state index < -0.39 is 16.6 Å². The van der Waals surface area contributed by atoms with Crippen molar-refractivity contribution in [3.63, 3.8) is 0 Å². The normalized spacial score (nSPS) is 12.1. The largest absolute Gasteiger partial charge is 0.473 e. The van der Waals surface area contributed by atoms with Crippen LogP contribution in [0.3, 0.4) is 0 Å². The molecule has 0 aliphatic rings. The summed E-state index contributed by atoms with van der Waals surface area (Å²) < 4.78 is 0. The van der Waals surface area contributed by atoms with Crippen LogP contribution in [0.1, 0.15) is 6.92 Å². The van der Waals surface area contributed by atoms with Crippen LogP contribution in [0, 0.1) is 10.1 Å². The molecule has 0 radical (unpaired) electrons. The first-order valence-corrected chi connectivity index (χ1v) is 2.31. The summed E-state index contributed by atoms with van der Waals surface area (Å²) in [5.74, 6) is -1.62. The maximum Gasteiger partial charge on any atom is 0.409 e. The summed E-state index contributed by atoms with van der Waals surface area (Å²) in [6.45, 7) is 1.16. The number of nitro groups is 1. The molecule has 0 saturated carbocycles. The minimum Gasteiger partial charge on any atom is -0.473 e. The molecule has 0 aromatic rings. The van der Waals surface area contributed by atoms with Crippen molar-refractivity contribution in [1.82, 2.24) is 0 Å². The van der Waals surface area contributed by atoms with Gasteiger partial charge in [-0.25, -0.2) is 4.79 Å². The molecular weight excluding hydrogens is 140 g/mol. The van der Waals surface area contributed by atoms with Crippen molar-refractivity contribution in [3.05, 3.63) is 21.5 Å². The summed E-state index contributed by atoms with van der Waals surface area (Å²) in [5.41, 5.74) is 3.62. The highest BCUT2D eigenvalue weighted by Crippen LogP contribution is 1.98. The van der Waals surface area contributed by atoms with E-state index in [-0.39, 0.29) is 5.70 Å². The third-order valence-corrected chi connectivity index (χ3v) is 0.759. The van der Waals surface area contributed by atoms with Crippen molar-refractivity contribution in [1.29, 1.82) is 0 Å². The molecule has 0 unspecified atom stereocenters. The molecule has 3 N–H and O–H groups in total. The Morgan fingerprint density at radius 1 is 1.70 bits per heavy atom. The first-order chi connectivity index (χ1) is 4.46. The summed E-state index contributed by atoms with van der Waals surface area (Å²) in [6, 6.07) is 0. The van der Waals surface area contributed by atoms with Gasteiger partial charge in [0.25, 0.3) is 0 Å². The van der Waals surface area contributed by atoms with Crippen LogP contribution in [0.5, 0.6) is 0 Å². The number of carboxylic acids is 1. The van der Waals surface area contributed by atoms with Gasteiger partial charge in [0.15, 0.2) is 0 Å². The van der Waals surface area contributed by atoms with Gasteiger partial charge < -0.3 is 10.8 Å². The van der Waals surface area contributed by atoms with Crippen molar-refractivity contribution in [3.8, 4) is 0 Å². The van der Waals surface area contributed by atoms with Gasteiger partial charge in [-0.15, -0.1) is 0 Å². The Labute approximate surface area is 56.1 Å². The Hall–Kier alpha value is -1.59. The number of nitrogens with zero attached hydrogens (tertiary/aromatic N) is 1. The third-order valence-electron chi connectivity index (χ3n) is 0.759. The lowest BCUT2D eigenvalue weighted by atomic mass is 10.4. The molecule has 0 aliphatic carbocycles. The molecule has 0 aromatic heterocycles. The van der Waals surface area contributed by atoms with E-state index in [1.54, 1.807) is 0 Å². The molecule has 10 heavy (non-hydrogen) atoms. The average molecular weight is 146 g/mol. The molecule has 0 atom stereocenters. The number of aliphatic carboxylic acids is 1. The van der Waals surface area contributed by atoms with Crippen molar-refractivity contribution in [2.24, 2.45) is 5.73 Å². The van der Waals surface area contributed by atoms with E-state index in [1.165, 1.54) is 0 Å². The molecule has 0 aromatic carbocycles. The van der Waals surface area contributed by atoms with Crippen LogP contribution < -0.4 is 5.73 Å². The molecule has 56 valence electrons. The lowest BCUT2D eigenvalue weighted by Gasteiger charge is -1.91. The molecule has 0 aliphatic heterocycles. The molecule has 0 fully saturated rings. The SMILES string of the molecule is C/C(N)=C(/C(=O)O)[N+](=O)[O-]. The maximum absolute atomic E-state index is 10.0. The van der Waals surface area contributed by atoms with Gasteiger partial charge in [-0.1, -0.05) is 0 Å². The number of allylic oxidation sites excluding steroid dienone is 1. The average Bonchev–Trinajstić information content (AvgIpc) is 1.59. The smallest absolute Gasteiger partial charge is 0.409 e. The van der Waals surface area contributed by atoms with Crippen LogP contribution >= 0.6 is 0 Å². The Bertz CT molecular complexity index is 187. The monoisotopic (exact) mass is 146 g/mol. The second-order valence-corrected chi connectivity index (χ2v) is 1.59. The van der Waals surface area contributed by atoms with Gasteiger partial charge in [0.1, 0.15) is 0 Å². The molecule has 6 heteroatoms. The van der Waals surface area contributed by atoms with Crippen molar-refractivity contribution in [2.75, 3.05) is 0 Å². The fourth-order valence-corrected chi connectivity index (χ4v) is 0.391. The van der Waals surface area contributed by atoms with Gasteiger partial charge in [0.05, 0.1) is 10.6 Å². The molecule has 0 spiro atoms. The van der Waals surface area contributed by atoms with E-state index >= 15 is 0 Å².